The Morgan fingerprint density at radius 1 is 1.56 bits per heavy atom. The lowest BCUT2D eigenvalue weighted by atomic mass is 10.1. The third-order valence-corrected chi connectivity index (χ3v) is 3.35. The molecule has 0 radical (unpaired) electrons. The fourth-order valence-electron chi connectivity index (χ4n) is 2.16. The van der Waals surface area contributed by atoms with E-state index in [0.29, 0.717) is 10.8 Å². The van der Waals surface area contributed by atoms with Crippen LogP contribution in [0.1, 0.15) is 30.3 Å². The highest BCUT2D eigenvalue weighted by Gasteiger charge is 2.21. The third-order valence-electron chi connectivity index (χ3n) is 3.15. The molecule has 18 heavy (non-hydrogen) atoms. The van der Waals surface area contributed by atoms with Crippen LogP contribution in [-0.4, -0.2) is 46.7 Å². The van der Waals surface area contributed by atoms with Gasteiger partial charge in [-0.15, -0.1) is 10.2 Å². The van der Waals surface area contributed by atoms with E-state index in [1.807, 2.05) is 0 Å². The predicted molar refractivity (Wildman–Crippen MR) is 69.6 cm³/mol. The van der Waals surface area contributed by atoms with Crippen molar-refractivity contribution in [2.45, 2.75) is 25.8 Å². The Labute approximate surface area is 112 Å². The number of halogens is 1. The van der Waals surface area contributed by atoms with Gasteiger partial charge in [-0.05, 0) is 38.1 Å². The molecule has 0 bridgehead atoms. The summed E-state index contributed by atoms with van der Waals surface area (Å²) in [6, 6.07) is 3.36. The Balaban J connectivity index is 1.92. The molecule has 1 aliphatic rings. The van der Waals surface area contributed by atoms with Crippen molar-refractivity contribution >= 4 is 17.5 Å². The maximum absolute atomic E-state index is 11.9. The van der Waals surface area contributed by atoms with Gasteiger partial charge in [-0.3, -0.25) is 4.79 Å². The van der Waals surface area contributed by atoms with Gasteiger partial charge in [0.05, 0.1) is 0 Å². The Hall–Kier alpha value is -1.20. The summed E-state index contributed by atoms with van der Waals surface area (Å²) in [6.45, 7) is 5.18. The minimum Gasteiger partial charge on any atom is -0.347 e. The molecule has 1 aromatic heterocycles. The number of nitrogens with zero attached hydrogens (tertiary/aromatic N) is 3. The molecule has 1 atom stereocenters. The van der Waals surface area contributed by atoms with Gasteiger partial charge < -0.3 is 10.2 Å². The Kier molecular flexibility index (Phi) is 4.49. The van der Waals surface area contributed by atoms with Gasteiger partial charge in [0, 0.05) is 12.6 Å². The summed E-state index contributed by atoms with van der Waals surface area (Å²) in [4.78, 5) is 14.3. The highest BCUT2D eigenvalue weighted by atomic mass is 35.5. The van der Waals surface area contributed by atoms with E-state index < -0.39 is 0 Å². The van der Waals surface area contributed by atoms with E-state index in [2.05, 4.69) is 27.3 Å². The number of rotatable bonds is 3. The van der Waals surface area contributed by atoms with Crippen LogP contribution in [0.3, 0.4) is 0 Å². The zero-order valence-corrected chi connectivity index (χ0v) is 11.2. The standard InChI is InChI=1S/C12H17ClN4O/c1-2-17-7-3-4-9(8-17)14-12(18)10-5-6-11(13)16-15-10/h5-6,9H,2-4,7-8H2,1H3,(H,14,18). The van der Waals surface area contributed by atoms with Crippen LogP contribution in [0, 0.1) is 0 Å². The number of carbonyl (C=O) groups excluding carboxylic acids is 1. The summed E-state index contributed by atoms with van der Waals surface area (Å²) in [5.41, 5.74) is 0.313. The lowest BCUT2D eigenvalue weighted by Gasteiger charge is -2.32. The van der Waals surface area contributed by atoms with E-state index in [1.165, 1.54) is 0 Å². The second kappa shape index (κ2) is 6.11. The van der Waals surface area contributed by atoms with Gasteiger partial charge in [0.25, 0.3) is 5.91 Å². The van der Waals surface area contributed by atoms with Crippen LogP contribution in [-0.2, 0) is 0 Å². The average molecular weight is 269 g/mol. The van der Waals surface area contributed by atoms with Crippen LogP contribution in [0.5, 0.6) is 0 Å². The van der Waals surface area contributed by atoms with E-state index in [0.717, 1.165) is 32.5 Å². The van der Waals surface area contributed by atoms with Gasteiger partial charge in [-0.2, -0.15) is 0 Å². The molecular weight excluding hydrogens is 252 g/mol. The fourth-order valence-corrected chi connectivity index (χ4v) is 2.26. The lowest BCUT2D eigenvalue weighted by Crippen LogP contribution is -2.47. The van der Waals surface area contributed by atoms with Crippen LogP contribution in [0.25, 0.3) is 0 Å². The van der Waals surface area contributed by atoms with Crippen LogP contribution >= 0.6 is 11.6 Å². The number of amides is 1. The van der Waals surface area contributed by atoms with Gasteiger partial charge in [-0.25, -0.2) is 0 Å². The molecule has 2 rings (SSSR count). The van der Waals surface area contributed by atoms with E-state index >= 15 is 0 Å². The maximum atomic E-state index is 11.9. The van der Waals surface area contributed by atoms with Crippen molar-refractivity contribution in [2.24, 2.45) is 0 Å². The summed E-state index contributed by atoms with van der Waals surface area (Å²) in [5, 5.41) is 10.7. The molecule has 0 aromatic carbocycles. The van der Waals surface area contributed by atoms with Crippen LogP contribution in [0.2, 0.25) is 5.15 Å². The quantitative estimate of drug-likeness (QED) is 0.899. The van der Waals surface area contributed by atoms with E-state index in [1.54, 1.807) is 12.1 Å². The number of likely N-dealkylation sites (tertiary alicyclic amines) is 1. The molecule has 1 N–H and O–H groups in total. The van der Waals surface area contributed by atoms with Crippen molar-refractivity contribution in [3.63, 3.8) is 0 Å². The number of piperidine rings is 1. The number of likely N-dealkylation sites (N-methyl/N-ethyl adjacent to an activating group) is 1. The SMILES string of the molecule is CCN1CCCC(NC(=O)c2ccc(Cl)nn2)C1. The maximum Gasteiger partial charge on any atom is 0.272 e. The van der Waals surface area contributed by atoms with Gasteiger partial charge in [0.15, 0.2) is 10.8 Å². The molecule has 1 fully saturated rings. The minimum atomic E-state index is -0.179. The topological polar surface area (TPSA) is 58.1 Å². The first kappa shape index (κ1) is 13.2. The number of aromatic nitrogens is 2. The molecule has 1 aliphatic heterocycles. The van der Waals surface area contributed by atoms with Gasteiger partial charge in [0.1, 0.15) is 0 Å². The number of hydrogen-bond acceptors (Lipinski definition) is 4. The smallest absolute Gasteiger partial charge is 0.272 e. The van der Waals surface area contributed by atoms with Crippen molar-refractivity contribution in [1.82, 2.24) is 20.4 Å². The van der Waals surface area contributed by atoms with Crippen molar-refractivity contribution in [3.8, 4) is 0 Å². The van der Waals surface area contributed by atoms with Crippen molar-refractivity contribution < 1.29 is 4.79 Å². The van der Waals surface area contributed by atoms with Gasteiger partial charge in [0.2, 0.25) is 0 Å². The van der Waals surface area contributed by atoms with Crippen LogP contribution in [0.4, 0.5) is 0 Å². The molecule has 0 spiro atoms. The highest BCUT2D eigenvalue weighted by molar-refractivity contribution is 6.29. The van der Waals surface area contributed by atoms with E-state index in [4.69, 9.17) is 11.6 Å². The van der Waals surface area contributed by atoms with E-state index in [9.17, 15) is 4.79 Å². The monoisotopic (exact) mass is 268 g/mol. The van der Waals surface area contributed by atoms with Crippen molar-refractivity contribution in [3.05, 3.63) is 23.0 Å². The van der Waals surface area contributed by atoms with Crippen molar-refractivity contribution in [2.75, 3.05) is 19.6 Å². The first-order valence-corrected chi connectivity index (χ1v) is 6.59. The molecule has 2 heterocycles. The molecule has 6 heteroatoms. The first-order chi connectivity index (χ1) is 8.69. The molecule has 1 unspecified atom stereocenters. The second-order valence-corrected chi connectivity index (χ2v) is 4.83. The number of nitrogens with one attached hydrogen (secondary N) is 1. The molecule has 0 saturated carbocycles. The molecule has 1 saturated heterocycles. The third kappa shape index (κ3) is 3.40. The summed E-state index contributed by atoms with van der Waals surface area (Å²) >= 11 is 5.63. The summed E-state index contributed by atoms with van der Waals surface area (Å²) in [6.07, 6.45) is 2.13. The Morgan fingerprint density at radius 3 is 3.06 bits per heavy atom. The molecule has 1 amide bonds. The fraction of sp³-hybridized carbons (Fsp3) is 0.583. The molecule has 98 valence electrons. The normalized spacial score (nSPS) is 20.7. The number of carbonyl (C=O) groups is 1. The predicted octanol–water partition coefficient (Wildman–Crippen LogP) is 1.34. The zero-order valence-electron chi connectivity index (χ0n) is 10.4. The summed E-state index contributed by atoms with van der Waals surface area (Å²) < 4.78 is 0. The molecule has 5 nitrogen and oxygen atoms in total. The minimum absolute atomic E-state index is 0.179. The lowest BCUT2D eigenvalue weighted by molar-refractivity contribution is 0.0900. The van der Waals surface area contributed by atoms with E-state index in [-0.39, 0.29) is 11.9 Å². The number of hydrogen-bond donors (Lipinski definition) is 1. The average Bonchev–Trinajstić information content (AvgIpc) is 2.39. The molecular formula is C12H17ClN4O. The zero-order chi connectivity index (χ0) is 13.0. The molecule has 0 aliphatic carbocycles. The first-order valence-electron chi connectivity index (χ1n) is 6.21. The second-order valence-electron chi connectivity index (χ2n) is 4.45. The Bertz CT molecular complexity index is 409. The van der Waals surface area contributed by atoms with Gasteiger partial charge >= 0.3 is 0 Å². The summed E-state index contributed by atoms with van der Waals surface area (Å²) in [5.74, 6) is -0.179. The molecule has 1 aromatic rings. The Morgan fingerprint density at radius 2 is 2.39 bits per heavy atom. The van der Waals surface area contributed by atoms with Crippen LogP contribution < -0.4 is 5.32 Å². The highest BCUT2D eigenvalue weighted by Crippen LogP contribution is 2.10. The van der Waals surface area contributed by atoms with Crippen LogP contribution in [0.15, 0.2) is 12.1 Å². The van der Waals surface area contributed by atoms with Gasteiger partial charge in [-0.1, -0.05) is 18.5 Å². The summed E-state index contributed by atoms with van der Waals surface area (Å²) in [7, 11) is 0. The largest absolute Gasteiger partial charge is 0.347 e. The van der Waals surface area contributed by atoms with Crippen molar-refractivity contribution in [1.29, 1.82) is 0 Å².